The maximum Gasteiger partial charge on any atom is 0.237 e. The van der Waals surface area contributed by atoms with Gasteiger partial charge in [-0.15, -0.1) is 0 Å². The Balaban J connectivity index is 1.16. The van der Waals surface area contributed by atoms with E-state index in [1.807, 2.05) is 0 Å². The van der Waals surface area contributed by atoms with Crippen molar-refractivity contribution in [3.8, 4) is 0 Å². The van der Waals surface area contributed by atoms with Crippen LogP contribution >= 0.6 is 0 Å². The van der Waals surface area contributed by atoms with Gasteiger partial charge >= 0.3 is 0 Å². The first-order chi connectivity index (χ1) is 15.7. The van der Waals surface area contributed by atoms with Gasteiger partial charge in [0, 0.05) is 38.3 Å². The summed E-state index contributed by atoms with van der Waals surface area (Å²) in [4.78, 5) is 17.8. The maximum atomic E-state index is 12.7. The molecule has 5 rings (SSSR count). The van der Waals surface area contributed by atoms with Crippen LogP contribution in [0.25, 0.3) is 0 Å². The van der Waals surface area contributed by atoms with Crippen LogP contribution in [0.1, 0.15) is 36.0 Å². The van der Waals surface area contributed by atoms with Crippen molar-refractivity contribution in [2.75, 3.05) is 26.7 Å². The molecule has 2 N–H and O–H groups in total. The average molecular weight is 433 g/mol. The van der Waals surface area contributed by atoms with Crippen LogP contribution in [0, 0.1) is 0 Å². The Labute approximate surface area is 192 Å². The Kier molecular flexibility index (Phi) is 6.58. The quantitative estimate of drug-likeness (QED) is 0.737. The van der Waals surface area contributed by atoms with Gasteiger partial charge in [0.25, 0.3) is 0 Å². The van der Waals surface area contributed by atoms with Crippen molar-refractivity contribution in [3.05, 3.63) is 71.3 Å². The third kappa shape index (κ3) is 4.75. The lowest BCUT2D eigenvalue weighted by Crippen LogP contribution is -2.48. The van der Waals surface area contributed by atoms with Crippen LogP contribution in [0.3, 0.4) is 0 Å². The Bertz CT molecular complexity index is 884. The fraction of sp³-hybridized carbons (Fsp3) is 0.519. The lowest BCUT2D eigenvalue weighted by molar-refractivity contribution is -0.125. The number of benzene rings is 2. The van der Waals surface area contributed by atoms with Crippen molar-refractivity contribution in [2.24, 2.45) is 0 Å². The highest BCUT2D eigenvalue weighted by molar-refractivity contribution is 5.82. The van der Waals surface area contributed by atoms with Crippen molar-refractivity contribution in [1.29, 1.82) is 0 Å². The first-order valence-electron chi connectivity index (χ1n) is 12.3. The fourth-order valence-corrected chi connectivity index (χ4v) is 6.01. The number of fused-ring (bicyclic) bond motifs is 1. The van der Waals surface area contributed by atoms with E-state index in [0.717, 1.165) is 45.4 Å². The molecular formula is C27H36N4O. The van der Waals surface area contributed by atoms with Crippen molar-refractivity contribution >= 4 is 5.91 Å². The predicted octanol–water partition coefficient (Wildman–Crippen LogP) is 2.60. The average Bonchev–Trinajstić information content (AvgIpc) is 3.44. The van der Waals surface area contributed by atoms with Gasteiger partial charge in [0.15, 0.2) is 0 Å². The van der Waals surface area contributed by atoms with Gasteiger partial charge in [0.2, 0.25) is 5.91 Å². The molecular weight excluding hydrogens is 396 g/mol. The second-order valence-corrected chi connectivity index (χ2v) is 9.79. The van der Waals surface area contributed by atoms with Crippen molar-refractivity contribution < 1.29 is 4.79 Å². The van der Waals surface area contributed by atoms with Crippen LogP contribution in [-0.2, 0) is 24.2 Å². The molecule has 2 aromatic rings. The molecule has 5 heteroatoms. The van der Waals surface area contributed by atoms with Gasteiger partial charge in [-0.2, -0.15) is 0 Å². The Morgan fingerprint density at radius 1 is 0.938 bits per heavy atom. The van der Waals surface area contributed by atoms with E-state index in [-0.39, 0.29) is 11.9 Å². The van der Waals surface area contributed by atoms with Crippen LogP contribution < -0.4 is 10.6 Å². The van der Waals surface area contributed by atoms with Crippen LogP contribution in [0.4, 0.5) is 0 Å². The third-order valence-electron chi connectivity index (χ3n) is 7.69. The summed E-state index contributed by atoms with van der Waals surface area (Å²) in [6.45, 7) is 4.30. The highest BCUT2D eigenvalue weighted by atomic mass is 16.2. The van der Waals surface area contributed by atoms with Crippen molar-refractivity contribution in [2.45, 2.75) is 62.8 Å². The number of likely N-dealkylation sites (tertiary alicyclic amines) is 2. The van der Waals surface area contributed by atoms with Gasteiger partial charge in [-0.3, -0.25) is 14.6 Å². The highest BCUT2D eigenvalue weighted by Crippen LogP contribution is 2.31. The van der Waals surface area contributed by atoms with Crippen molar-refractivity contribution in [1.82, 2.24) is 20.4 Å². The minimum atomic E-state index is -0.0185. The lowest BCUT2D eigenvalue weighted by Gasteiger charge is -2.34. The van der Waals surface area contributed by atoms with Crippen LogP contribution in [0.2, 0.25) is 0 Å². The number of nitrogens with zero attached hydrogens (tertiary/aromatic N) is 2. The number of hydrogen-bond acceptors (Lipinski definition) is 4. The van der Waals surface area contributed by atoms with Crippen LogP contribution in [0.15, 0.2) is 54.6 Å². The molecule has 2 aliphatic heterocycles. The number of rotatable bonds is 6. The first-order valence-corrected chi connectivity index (χ1v) is 12.3. The molecule has 0 unspecified atom stereocenters. The highest BCUT2D eigenvalue weighted by Gasteiger charge is 2.42. The monoisotopic (exact) mass is 432 g/mol. The number of likely N-dealkylation sites (N-methyl/N-ethyl adjacent to an activating group) is 1. The molecule has 2 heterocycles. The van der Waals surface area contributed by atoms with E-state index in [0.29, 0.717) is 18.1 Å². The van der Waals surface area contributed by atoms with Gasteiger partial charge in [-0.1, -0.05) is 54.6 Å². The van der Waals surface area contributed by atoms with E-state index in [1.54, 1.807) is 7.05 Å². The van der Waals surface area contributed by atoms with Crippen LogP contribution in [-0.4, -0.2) is 66.6 Å². The van der Waals surface area contributed by atoms with Gasteiger partial charge in [0.1, 0.15) is 0 Å². The normalized spacial score (nSPS) is 25.2. The molecule has 32 heavy (non-hydrogen) atoms. The summed E-state index contributed by atoms with van der Waals surface area (Å²) >= 11 is 0. The molecule has 0 spiro atoms. The van der Waals surface area contributed by atoms with E-state index in [1.165, 1.54) is 29.5 Å². The summed E-state index contributed by atoms with van der Waals surface area (Å²) < 4.78 is 0. The molecule has 2 saturated heterocycles. The Morgan fingerprint density at radius 2 is 1.59 bits per heavy atom. The zero-order valence-electron chi connectivity index (χ0n) is 19.2. The summed E-state index contributed by atoms with van der Waals surface area (Å²) in [5.41, 5.74) is 4.31. The SMILES string of the molecule is CNC(=O)[C@@H]1C[C@@H](NC2CCN(Cc3ccccc3)CC2)CN1C1Cc2ccccc2C1. The molecule has 0 saturated carbocycles. The summed E-state index contributed by atoms with van der Waals surface area (Å²) in [6, 6.07) is 20.9. The first kappa shape index (κ1) is 21.6. The Morgan fingerprint density at radius 3 is 2.25 bits per heavy atom. The van der Waals surface area contributed by atoms with Gasteiger partial charge in [-0.25, -0.2) is 0 Å². The number of amides is 1. The van der Waals surface area contributed by atoms with E-state index in [9.17, 15) is 4.79 Å². The summed E-state index contributed by atoms with van der Waals surface area (Å²) in [7, 11) is 1.77. The number of hydrogen-bond donors (Lipinski definition) is 2. The smallest absolute Gasteiger partial charge is 0.237 e. The standard InChI is InChI=1S/C27H36N4O/c1-28-27(32)26-17-24(19-31(26)25-15-21-9-5-6-10-22(21)16-25)29-23-11-13-30(14-12-23)18-20-7-3-2-4-8-20/h2-10,23-26,29H,11-19H2,1H3,(H,28,32)/t24-,26+/m1/s1. The van der Waals surface area contributed by atoms with Gasteiger partial charge in [0.05, 0.1) is 6.04 Å². The summed E-state index contributed by atoms with van der Waals surface area (Å²) in [5.74, 6) is 0.169. The number of nitrogens with one attached hydrogen (secondary N) is 2. The number of carbonyl (C=O) groups is 1. The van der Waals surface area contributed by atoms with E-state index in [2.05, 4.69) is 75.0 Å². The van der Waals surface area contributed by atoms with Gasteiger partial charge in [-0.05, 0) is 61.9 Å². The molecule has 0 radical (unpaired) electrons. The number of piperidine rings is 1. The molecule has 2 fully saturated rings. The fourth-order valence-electron chi connectivity index (χ4n) is 6.01. The van der Waals surface area contributed by atoms with Crippen molar-refractivity contribution in [3.63, 3.8) is 0 Å². The molecule has 170 valence electrons. The molecule has 1 amide bonds. The molecule has 0 bridgehead atoms. The minimum absolute atomic E-state index is 0.0185. The second-order valence-electron chi connectivity index (χ2n) is 9.79. The Hall–Kier alpha value is -2.21. The summed E-state index contributed by atoms with van der Waals surface area (Å²) in [5, 5.41) is 6.86. The second kappa shape index (κ2) is 9.74. The molecule has 2 aromatic carbocycles. The predicted molar refractivity (Wildman–Crippen MR) is 128 cm³/mol. The molecule has 1 aliphatic carbocycles. The minimum Gasteiger partial charge on any atom is -0.358 e. The van der Waals surface area contributed by atoms with E-state index < -0.39 is 0 Å². The maximum absolute atomic E-state index is 12.7. The van der Waals surface area contributed by atoms with E-state index in [4.69, 9.17) is 0 Å². The zero-order chi connectivity index (χ0) is 21.9. The largest absolute Gasteiger partial charge is 0.358 e. The van der Waals surface area contributed by atoms with Crippen LogP contribution in [0.5, 0.6) is 0 Å². The zero-order valence-corrected chi connectivity index (χ0v) is 19.2. The molecule has 3 aliphatic rings. The topological polar surface area (TPSA) is 47.6 Å². The molecule has 2 atom stereocenters. The van der Waals surface area contributed by atoms with E-state index >= 15 is 0 Å². The lowest BCUT2D eigenvalue weighted by atomic mass is 10.0. The molecule has 0 aromatic heterocycles. The number of carbonyl (C=O) groups excluding carboxylic acids is 1. The summed E-state index contributed by atoms with van der Waals surface area (Å²) in [6.07, 6.45) is 5.41. The molecule has 5 nitrogen and oxygen atoms in total. The van der Waals surface area contributed by atoms with Gasteiger partial charge < -0.3 is 10.6 Å². The third-order valence-corrected chi connectivity index (χ3v) is 7.69.